The minimum Gasteiger partial charge on any atom is -0.435 e. The summed E-state index contributed by atoms with van der Waals surface area (Å²) in [6, 6.07) is 6.96. The number of hydrogen-bond acceptors (Lipinski definition) is 5. The molecule has 0 aliphatic carbocycles. The molecule has 2 aromatic heterocycles. The molecular weight excluding hydrogens is 431 g/mol. The fourth-order valence-corrected chi connectivity index (χ4v) is 3.62. The van der Waals surface area contributed by atoms with Crippen LogP contribution in [0.5, 0.6) is 11.6 Å². The van der Waals surface area contributed by atoms with Gasteiger partial charge < -0.3 is 4.74 Å². The smallest absolute Gasteiger partial charge is 0.417 e. The summed E-state index contributed by atoms with van der Waals surface area (Å²) in [5.41, 5.74) is -0.693. The van der Waals surface area contributed by atoms with E-state index in [1.807, 2.05) is 0 Å². The van der Waals surface area contributed by atoms with Crippen LogP contribution in [0.1, 0.15) is 11.1 Å². The Balaban J connectivity index is 1.98. The number of pyridine rings is 2. The number of rotatable bonds is 5. The number of aromatic nitrogens is 2. The van der Waals surface area contributed by atoms with Gasteiger partial charge >= 0.3 is 6.18 Å². The first-order chi connectivity index (χ1) is 13.6. The number of nitrogens with one attached hydrogen (secondary N) is 1. The van der Waals surface area contributed by atoms with Crippen molar-refractivity contribution in [1.29, 1.82) is 0 Å². The van der Waals surface area contributed by atoms with Gasteiger partial charge in [0, 0.05) is 12.4 Å². The maximum atomic E-state index is 13.1. The molecule has 0 aliphatic rings. The zero-order valence-corrected chi connectivity index (χ0v) is 16.3. The number of sulfonamides is 1. The third-order valence-electron chi connectivity index (χ3n) is 3.63. The van der Waals surface area contributed by atoms with Gasteiger partial charge in [0.1, 0.15) is 11.4 Å². The lowest BCUT2D eigenvalue weighted by atomic mass is 10.2. The zero-order chi connectivity index (χ0) is 21.2. The predicted molar refractivity (Wildman–Crippen MR) is 101 cm³/mol. The fraction of sp³-hybridized carbons (Fsp3) is 0.111. The Morgan fingerprint density at radius 2 is 1.90 bits per heavy atom. The van der Waals surface area contributed by atoms with Gasteiger partial charge in [-0.25, -0.2) is 13.4 Å². The largest absolute Gasteiger partial charge is 0.435 e. The molecule has 152 valence electrons. The van der Waals surface area contributed by atoms with E-state index in [1.54, 1.807) is 19.1 Å². The van der Waals surface area contributed by atoms with Gasteiger partial charge in [-0.05, 0) is 48.9 Å². The highest BCUT2D eigenvalue weighted by atomic mass is 35.5. The van der Waals surface area contributed by atoms with Gasteiger partial charge in [0.2, 0.25) is 5.88 Å². The van der Waals surface area contributed by atoms with Crippen LogP contribution in [0.25, 0.3) is 0 Å². The first kappa shape index (κ1) is 20.9. The molecule has 0 fully saturated rings. The third kappa shape index (κ3) is 4.96. The summed E-state index contributed by atoms with van der Waals surface area (Å²) in [5.74, 6) is 0.215. The number of nitrogens with zero attached hydrogens (tertiary/aromatic N) is 2. The van der Waals surface area contributed by atoms with Crippen molar-refractivity contribution in [2.45, 2.75) is 18.0 Å². The van der Waals surface area contributed by atoms with Gasteiger partial charge in [-0.1, -0.05) is 11.6 Å². The van der Waals surface area contributed by atoms with Crippen molar-refractivity contribution in [3.05, 3.63) is 71.1 Å². The highest BCUT2D eigenvalue weighted by molar-refractivity contribution is 7.92. The van der Waals surface area contributed by atoms with Crippen molar-refractivity contribution in [3.63, 3.8) is 0 Å². The molecular formula is C18H13ClF3N3O3S. The third-order valence-corrected chi connectivity index (χ3v) is 5.33. The molecule has 0 unspecified atom stereocenters. The Morgan fingerprint density at radius 1 is 1.14 bits per heavy atom. The Morgan fingerprint density at radius 3 is 2.55 bits per heavy atom. The quantitative estimate of drug-likeness (QED) is 0.596. The number of anilines is 1. The predicted octanol–water partition coefficient (Wildman–Crippen LogP) is 5.05. The van der Waals surface area contributed by atoms with E-state index >= 15 is 0 Å². The van der Waals surface area contributed by atoms with Crippen LogP contribution in [0.3, 0.4) is 0 Å². The van der Waals surface area contributed by atoms with Gasteiger partial charge in [0.15, 0.2) is 0 Å². The maximum Gasteiger partial charge on any atom is 0.417 e. The molecule has 1 N–H and O–H groups in total. The number of alkyl halides is 3. The number of halogens is 4. The van der Waals surface area contributed by atoms with Crippen LogP contribution < -0.4 is 9.46 Å². The van der Waals surface area contributed by atoms with Crippen LogP contribution in [0.4, 0.5) is 18.9 Å². The van der Waals surface area contributed by atoms with Crippen molar-refractivity contribution >= 4 is 27.3 Å². The Labute approximate surface area is 169 Å². The number of ether oxygens (including phenoxy) is 1. The van der Waals surface area contributed by atoms with Crippen LogP contribution in [0, 0.1) is 6.92 Å². The molecule has 3 aromatic rings. The SMILES string of the molecule is Cc1cnc(Oc2cccnc2)c(NS(=O)(=O)c2ccc(Cl)c(C(F)(F)F)c2)c1. The lowest BCUT2D eigenvalue weighted by Crippen LogP contribution is -2.16. The zero-order valence-electron chi connectivity index (χ0n) is 14.7. The first-order valence-electron chi connectivity index (χ1n) is 8.00. The summed E-state index contributed by atoms with van der Waals surface area (Å²) in [5, 5.41) is -0.603. The summed E-state index contributed by atoms with van der Waals surface area (Å²) < 4.78 is 72.3. The van der Waals surface area contributed by atoms with Crippen LogP contribution in [0.2, 0.25) is 5.02 Å². The van der Waals surface area contributed by atoms with Crippen molar-refractivity contribution in [2.24, 2.45) is 0 Å². The van der Waals surface area contributed by atoms with E-state index in [9.17, 15) is 21.6 Å². The van der Waals surface area contributed by atoms with Crippen LogP contribution in [0.15, 0.2) is 59.9 Å². The molecule has 0 spiro atoms. The second-order valence-electron chi connectivity index (χ2n) is 5.90. The molecule has 6 nitrogen and oxygen atoms in total. The molecule has 29 heavy (non-hydrogen) atoms. The van der Waals surface area contributed by atoms with E-state index in [4.69, 9.17) is 16.3 Å². The van der Waals surface area contributed by atoms with E-state index in [0.29, 0.717) is 17.4 Å². The lowest BCUT2D eigenvalue weighted by molar-refractivity contribution is -0.137. The Kier molecular flexibility index (Phi) is 5.67. The van der Waals surface area contributed by atoms with Crippen molar-refractivity contribution in [2.75, 3.05) is 4.72 Å². The van der Waals surface area contributed by atoms with E-state index in [-0.39, 0.29) is 11.6 Å². The summed E-state index contributed by atoms with van der Waals surface area (Å²) in [6.07, 6.45) is -0.428. The molecule has 1 aromatic carbocycles. The number of hydrogen-bond donors (Lipinski definition) is 1. The van der Waals surface area contributed by atoms with Gasteiger partial charge in [0.25, 0.3) is 10.0 Å². The Hall–Kier alpha value is -2.85. The molecule has 0 bridgehead atoms. The summed E-state index contributed by atoms with van der Waals surface area (Å²) in [4.78, 5) is 7.32. The molecule has 0 aliphatic heterocycles. The topological polar surface area (TPSA) is 81.2 Å². The molecule has 11 heteroatoms. The fourth-order valence-electron chi connectivity index (χ4n) is 2.32. The molecule has 0 atom stereocenters. The molecule has 0 radical (unpaired) electrons. The molecule has 0 saturated heterocycles. The van der Waals surface area contributed by atoms with E-state index in [0.717, 1.165) is 12.1 Å². The Bertz CT molecular complexity index is 1140. The number of benzene rings is 1. The maximum absolute atomic E-state index is 13.1. The minimum atomic E-state index is -4.80. The summed E-state index contributed by atoms with van der Waals surface area (Å²) in [7, 11) is -4.39. The molecule has 3 rings (SSSR count). The van der Waals surface area contributed by atoms with Crippen molar-refractivity contribution in [1.82, 2.24) is 9.97 Å². The van der Waals surface area contributed by atoms with Gasteiger partial charge in [-0.15, -0.1) is 0 Å². The first-order valence-corrected chi connectivity index (χ1v) is 9.86. The lowest BCUT2D eigenvalue weighted by Gasteiger charge is -2.15. The van der Waals surface area contributed by atoms with Gasteiger partial charge in [0.05, 0.1) is 21.7 Å². The van der Waals surface area contributed by atoms with Crippen molar-refractivity contribution < 1.29 is 26.3 Å². The standard InChI is InChI=1S/C18H13ClF3N3O3S/c1-11-7-16(17(24-9-11)28-12-3-2-6-23-10-12)25-29(26,27)13-4-5-15(19)14(8-13)18(20,21)22/h2-10,25H,1H3. The van der Waals surface area contributed by atoms with Crippen LogP contribution >= 0.6 is 11.6 Å². The summed E-state index contributed by atoms with van der Waals surface area (Å²) >= 11 is 5.56. The van der Waals surface area contributed by atoms with E-state index in [2.05, 4.69) is 14.7 Å². The normalized spacial score (nSPS) is 11.9. The van der Waals surface area contributed by atoms with Gasteiger partial charge in [-0.2, -0.15) is 13.2 Å². The van der Waals surface area contributed by atoms with E-state index in [1.165, 1.54) is 24.7 Å². The highest BCUT2D eigenvalue weighted by Crippen LogP contribution is 2.36. The highest BCUT2D eigenvalue weighted by Gasteiger charge is 2.34. The summed E-state index contributed by atoms with van der Waals surface area (Å²) in [6.45, 7) is 1.67. The van der Waals surface area contributed by atoms with E-state index < -0.39 is 31.7 Å². The average molecular weight is 444 g/mol. The van der Waals surface area contributed by atoms with Gasteiger partial charge in [-0.3, -0.25) is 9.71 Å². The van der Waals surface area contributed by atoms with Crippen LogP contribution in [-0.4, -0.2) is 18.4 Å². The molecule has 2 heterocycles. The molecule has 0 amide bonds. The molecule has 0 saturated carbocycles. The van der Waals surface area contributed by atoms with Crippen molar-refractivity contribution in [3.8, 4) is 11.6 Å². The monoisotopic (exact) mass is 443 g/mol. The number of aryl methyl sites for hydroxylation is 1. The average Bonchev–Trinajstić information content (AvgIpc) is 2.64. The van der Waals surface area contributed by atoms with Crippen LogP contribution in [-0.2, 0) is 16.2 Å². The second-order valence-corrected chi connectivity index (χ2v) is 7.99. The second kappa shape index (κ2) is 7.88. The minimum absolute atomic E-state index is 0.0441.